The summed E-state index contributed by atoms with van der Waals surface area (Å²) in [5.74, 6) is 0. The van der Waals surface area contributed by atoms with Crippen molar-refractivity contribution in [2.24, 2.45) is 0 Å². The average Bonchev–Trinajstić information content (AvgIpc) is 3.78. The third-order valence-electron chi connectivity index (χ3n) is 13.8. The van der Waals surface area contributed by atoms with Crippen LogP contribution < -0.4 is 25.6 Å². The van der Waals surface area contributed by atoms with E-state index in [0.717, 1.165) is 28.3 Å². The van der Waals surface area contributed by atoms with Crippen LogP contribution in [0.15, 0.2) is 291 Å². The van der Waals surface area contributed by atoms with Gasteiger partial charge >= 0.3 is 0 Å². The Morgan fingerprint density at radius 1 is 0.261 bits per heavy atom. The SMILES string of the molecule is c1ccc(-c2ccc(-c3ccc(N(c4ccc(-c5ccc([Si](c6ccccc6)(c6ccccc6)c6ccccc6)cc5)cc4)c4cccc5c4c4ccccc4n5-c4ccccc4)cc3)cc2)cc1. The van der Waals surface area contributed by atoms with Crippen LogP contribution in [0, 0.1) is 0 Å². The summed E-state index contributed by atoms with van der Waals surface area (Å²) in [5.41, 5.74) is 13.9. The van der Waals surface area contributed by atoms with Crippen molar-refractivity contribution in [3.63, 3.8) is 0 Å². The summed E-state index contributed by atoms with van der Waals surface area (Å²) < 4.78 is 2.40. The average molecular weight is 897 g/mol. The summed E-state index contributed by atoms with van der Waals surface area (Å²) in [6, 6.07) is 107. The molecule has 0 fully saturated rings. The van der Waals surface area contributed by atoms with Crippen molar-refractivity contribution < 1.29 is 0 Å². The Morgan fingerprint density at radius 3 is 1.09 bits per heavy atom. The first kappa shape index (κ1) is 41.7. The molecule has 0 radical (unpaired) electrons. The Morgan fingerprint density at radius 2 is 0.609 bits per heavy atom. The number of anilines is 3. The number of aromatic nitrogens is 1. The highest BCUT2D eigenvalue weighted by atomic mass is 28.3. The van der Waals surface area contributed by atoms with E-state index in [-0.39, 0.29) is 0 Å². The highest BCUT2D eigenvalue weighted by molar-refractivity contribution is 7.19. The molecule has 0 atom stereocenters. The summed E-state index contributed by atoms with van der Waals surface area (Å²) in [6.45, 7) is 0. The molecule has 0 aliphatic heterocycles. The van der Waals surface area contributed by atoms with Crippen LogP contribution in [0.5, 0.6) is 0 Å². The molecule has 326 valence electrons. The van der Waals surface area contributed by atoms with Crippen molar-refractivity contribution in [2.45, 2.75) is 0 Å². The maximum Gasteiger partial charge on any atom is 0.179 e. The lowest BCUT2D eigenvalue weighted by Crippen LogP contribution is -2.74. The largest absolute Gasteiger partial charge is 0.310 e. The number of hydrogen-bond acceptors (Lipinski definition) is 1. The normalized spacial score (nSPS) is 11.5. The van der Waals surface area contributed by atoms with Crippen LogP contribution in [0.2, 0.25) is 0 Å². The molecule has 12 aromatic rings. The molecule has 0 aliphatic carbocycles. The minimum absolute atomic E-state index is 1.09. The smallest absolute Gasteiger partial charge is 0.179 e. The van der Waals surface area contributed by atoms with Gasteiger partial charge in [0.1, 0.15) is 0 Å². The van der Waals surface area contributed by atoms with Gasteiger partial charge in [-0.1, -0.05) is 237 Å². The zero-order valence-corrected chi connectivity index (χ0v) is 39.1. The monoisotopic (exact) mass is 896 g/mol. The molecule has 2 nitrogen and oxygen atoms in total. The Bertz CT molecular complexity index is 3550. The van der Waals surface area contributed by atoms with E-state index in [1.54, 1.807) is 0 Å². The van der Waals surface area contributed by atoms with E-state index < -0.39 is 8.07 Å². The predicted octanol–water partition coefficient (Wildman–Crippen LogP) is 14.6. The fourth-order valence-electron chi connectivity index (χ4n) is 10.5. The first-order valence-electron chi connectivity index (χ1n) is 23.8. The fraction of sp³-hybridized carbons (Fsp3) is 0. The van der Waals surface area contributed by atoms with Crippen LogP contribution in [0.25, 0.3) is 60.9 Å². The standard InChI is InChI=1S/C66H48N2Si/c1-6-19-49(20-7-1)50-33-35-51(36-34-50)52-37-43-56(44-38-52)67(64-31-18-32-65-66(64)62-29-16-17-30-63(62)68(65)55-21-8-2-9-22-55)57-45-39-53(40-46-57)54-41-47-61(48-42-54)69(58-23-10-3-11-24-58,59-25-12-4-13-26-59)60-27-14-5-15-28-60/h1-48H. The van der Waals surface area contributed by atoms with Crippen molar-refractivity contribution >= 4 is 67.7 Å². The van der Waals surface area contributed by atoms with Crippen LogP contribution in [0.3, 0.4) is 0 Å². The molecule has 0 spiro atoms. The van der Waals surface area contributed by atoms with E-state index in [1.165, 1.54) is 70.4 Å². The van der Waals surface area contributed by atoms with Crippen molar-refractivity contribution in [2.75, 3.05) is 4.90 Å². The molecule has 0 unspecified atom stereocenters. The van der Waals surface area contributed by atoms with E-state index in [2.05, 4.69) is 301 Å². The van der Waals surface area contributed by atoms with Gasteiger partial charge in [-0.2, -0.15) is 0 Å². The molecule has 1 heterocycles. The lowest BCUT2D eigenvalue weighted by Gasteiger charge is -2.34. The van der Waals surface area contributed by atoms with Crippen molar-refractivity contribution in [3.8, 4) is 39.1 Å². The Kier molecular flexibility index (Phi) is 11.0. The molecule has 1 aromatic heterocycles. The predicted molar refractivity (Wildman–Crippen MR) is 295 cm³/mol. The second kappa shape index (κ2) is 18.1. The molecule has 0 aliphatic rings. The number of fused-ring (bicyclic) bond motifs is 3. The number of nitrogens with zero attached hydrogens (tertiary/aromatic N) is 2. The van der Waals surface area contributed by atoms with Gasteiger partial charge in [0.2, 0.25) is 0 Å². The third kappa shape index (κ3) is 7.56. The third-order valence-corrected chi connectivity index (χ3v) is 18.6. The molecule has 0 saturated carbocycles. The van der Waals surface area contributed by atoms with Gasteiger partial charge in [0.15, 0.2) is 8.07 Å². The van der Waals surface area contributed by atoms with E-state index in [9.17, 15) is 0 Å². The van der Waals surface area contributed by atoms with Crippen LogP contribution in [-0.4, -0.2) is 12.6 Å². The summed E-state index contributed by atoms with van der Waals surface area (Å²) in [7, 11) is -2.64. The minimum Gasteiger partial charge on any atom is -0.310 e. The first-order valence-corrected chi connectivity index (χ1v) is 25.8. The van der Waals surface area contributed by atoms with E-state index in [0.29, 0.717) is 0 Å². The maximum absolute atomic E-state index is 2.64. The van der Waals surface area contributed by atoms with Crippen molar-refractivity contribution in [1.82, 2.24) is 4.57 Å². The summed E-state index contributed by atoms with van der Waals surface area (Å²) >= 11 is 0. The number of para-hydroxylation sites is 2. The Hall–Kier alpha value is -8.76. The van der Waals surface area contributed by atoms with Crippen LogP contribution in [0.4, 0.5) is 17.1 Å². The molecule has 0 bridgehead atoms. The topological polar surface area (TPSA) is 8.17 Å². The highest BCUT2D eigenvalue weighted by Crippen LogP contribution is 2.44. The molecule has 69 heavy (non-hydrogen) atoms. The van der Waals surface area contributed by atoms with Gasteiger partial charge in [-0.25, -0.2) is 0 Å². The maximum atomic E-state index is 2.43. The summed E-state index contributed by atoms with van der Waals surface area (Å²) in [4.78, 5) is 2.43. The van der Waals surface area contributed by atoms with Gasteiger partial charge < -0.3 is 9.47 Å². The molecule has 0 amide bonds. The van der Waals surface area contributed by atoms with E-state index in [1.807, 2.05) is 0 Å². The lowest BCUT2D eigenvalue weighted by molar-refractivity contribution is 1.18. The van der Waals surface area contributed by atoms with Gasteiger partial charge in [0, 0.05) is 27.8 Å². The summed E-state index contributed by atoms with van der Waals surface area (Å²) in [5, 5.41) is 7.89. The molecule has 0 saturated heterocycles. The van der Waals surface area contributed by atoms with Gasteiger partial charge in [0.05, 0.1) is 16.7 Å². The van der Waals surface area contributed by atoms with Gasteiger partial charge in [-0.15, -0.1) is 0 Å². The van der Waals surface area contributed by atoms with Gasteiger partial charge in [0.25, 0.3) is 0 Å². The fourth-order valence-corrected chi connectivity index (χ4v) is 15.3. The van der Waals surface area contributed by atoms with Gasteiger partial charge in [-0.05, 0) is 109 Å². The number of benzene rings is 11. The van der Waals surface area contributed by atoms with Gasteiger partial charge in [-0.3, -0.25) is 0 Å². The van der Waals surface area contributed by atoms with Crippen LogP contribution in [-0.2, 0) is 0 Å². The second-order valence-corrected chi connectivity index (χ2v) is 21.5. The Labute approximate surface area is 405 Å². The molecule has 3 heteroatoms. The Balaban J connectivity index is 0.960. The zero-order chi connectivity index (χ0) is 46.0. The minimum atomic E-state index is -2.64. The summed E-state index contributed by atoms with van der Waals surface area (Å²) in [6.07, 6.45) is 0. The van der Waals surface area contributed by atoms with Crippen LogP contribution >= 0.6 is 0 Å². The molecular weight excluding hydrogens is 849 g/mol. The lowest BCUT2D eigenvalue weighted by atomic mass is 10.00. The first-order chi connectivity index (χ1) is 34.2. The second-order valence-electron chi connectivity index (χ2n) is 17.7. The van der Waals surface area contributed by atoms with Crippen molar-refractivity contribution in [1.29, 1.82) is 0 Å². The molecule has 12 rings (SSSR count). The molecule has 11 aromatic carbocycles. The highest BCUT2D eigenvalue weighted by Gasteiger charge is 2.41. The quantitative estimate of drug-likeness (QED) is 0.0928. The number of rotatable bonds is 11. The van der Waals surface area contributed by atoms with Crippen LogP contribution in [0.1, 0.15) is 0 Å². The van der Waals surface area contributed by atoms with Crippen molar-refractivity contribution in [3.05, 3.63) is 291 Å². The molecular formula is C66H48N2Si. The zero-order valence-electron chi connectivity index (χ0n) is 38.1. The number of hydrogen-bond donors (Lipinski definition) is 0. The molecule has 0 N–H and O–H groups in total. The van der Waals surface area contributed by atoms with E-state index >= 15 is 0 Å². The van der Waals surface area contributed by atoms with E-state index in [4.69, 9.17) is 0 Å².